The van der Waals surface area contributed by atoms with E-state index in [2.05, 4.69) is 22.4 Å². The predicted octanol–water partition coefficient (Wildman–Crippen LogP) is 3.06. The summed E-state index contributed by atoms with van der Waals surface area (Å²) in [4.78, 5) is 0. The van der Waals surface area contributed by atoms with E-state index in [4.69, 9.17) is 11.6 Å². The van der Waals surface area contributed by atoms with Gasteiger partial charge in [0.05, 0.1) is 6.20 Å². The van der Waals surface area contributed by atoms with Gasteiger partial charge in [0, 0.05) is 22.7 Å². The Morgan fingerprint density at radius 3 is 3.00 bits per heavy atom. The molecule has 4 heteroatoms. The SMILES string of the molecule is CC(CCCl)Nc1nncc2ccccc12. The Morgan fingerprint density at radius 1 is 1.38 bits per heavy atom. The van der Waals surface area contributed by atoms with E-state index in [1.54, 1.807) is 6.20 Å². The van der Waals surface area contributed by atoms with Crippen LogP contribution >= 0.6 is 11.6 Å². The molecule has 1 atom stereocenters. The summed E-state index contributed by atoms with van der Waals surface area (Å²) < 4.78 is 0. The van der Waals surface area contributed by atoms with Crippen molar-refractivity contribution in [3.63, 3.8) is 0 Å². The smallest absolute Gasteiger partial charge is 0.156 e. The summed E-state index contributed by atoms with van der Waals surface area (Å²) in [6, 6.07) is 8.37. The normalized spacial score (nSPS) is 12.6. The van der Waals surface area contributed by atoms with Crippen LogP contribution in [-0.4, -0.2) is 22.1 Å². The molecule has 2 rings (SSSR count). The number of fused-ring (bicyclic) bond motifs is 1. The summed E-state index contributed by atoms with van der Waals surface area (Å²) in [7, 11) is 0. The number of benzene rings is 1. The first kappa shape index (κ1) is 11.1. The highest BCUT2D eigenvalue weighted by atomic mass is 35.5. The molecule has 84 valence electrons. The fraction of sp³-hybridized carbons (Fsp3) is 0.333. The van der Waals surface area contributed by atoms with Crippen molar-refractivity contribution in [3.8, 4) is 0 Å². The van der Waals surface area contributed by atoms with Gasteiger partial charge in [-0.3, -0.25) is 0 Å². The number of hydrogen-bond donors (Lipinski definition) is 1. The standard InChI is InChI=1S/C12H14ClN3/c1-9(6-7-13)15-12-11-5-3-2-4-10(11)8-14-16-12/h2-5,8-9H,6-7H2,1H3,(H,15,16). The topological polar surface area (TPSA) is 37.8 Å². The predicted molar refractivity (Wildman–Crippen MR) is 68.0 cm³/mol. The minimum absolute atomic E-state index is 0.303. The van der Waals surface area contributed by atoms with E-state index in [0.717, 1.165) is 23.0 Å². The summed E-state index contributed by atoms with van der Waals surface area (Å²) in [6.45, 7) is 2.09. The second-order valence-electron chi connectivity index (χ2n) is 3.80. The molecule has 1 N–H and O–H groups in total. The molecule has 0 saturated heterocycles. The molecule has 0 aliphatic rings. The van der Waals surface area contributed by atoms with Crippen molar-refractivity contribution < 1.29 is 0 Å². The first-order valence-corrected chi connectivity index (χ1v) is 5.87. The summed E-state index contributed by atoms with van der Waals surface area (Å²) in [5.74, 6) is 1.47. The van der Waals surface area contributed by atoms with Crippen LogP contribution in [0.2, 0.25) is 0 Å². The number of hydrogen-bond acceptors (Lipinski definition) is 3. The Morgan fingerprint density at radius 2 is 2.19 bits per heavy atom. The lowest BCUT2D eigenvalue weighted by atomic mass is 10.2. The summed E-state index contributed by atoms with van der Waals surface area (Å²) >= 11 is 5.70. The molecule has 0 saturated carbocycles. The van der Waals surface area contributed by atoms with Gasteiger partial charge in [-0.1, -0.05) is 24.3 Å². The lowest BCUT2D eigenvalue weighted by Gasteiger charge is -2.13. The van der Waals surface area contributed by atoms with Crippen LogP contribution in [0.15, 0.2) is 30.5 Å². The highest BCUT2D eigenvalue weighted by Gasteiger charge is 2.06. The number of nitrogens with one attached hydrogen (secondary N) is 1. The quantitative estimate of drug-likeness (QED) is 0.828. The van der Waals surface area contributed by atoms with Crippen molar-refractivity contribution in [1.82, 2.24) is 10.2 Å². The zero-order valence-electron chi connectivity index (χ0n) is 9.15. The van der Waals surface area contributed by atoms with E-state index in [-0.39, 0.29) is 0 Å². The fourth-order valence-electron chi connectivity index (χ4n) is 1.60. The second kappa shape index (κ2) is 5.12. The highest BCUT2D eigenvalue weighted by molar-refractivity contribution is 6.17. The summed E-state index contributed by atoms with van der Waals surface area (Å²) in [5.41, 5.74) is 0. The molecule has 1 aromatic carbocycles. The Bertz CT molecular complexity index is 467. The molecule has 0 aliphatic carbocycles. The van der Waals surface area contributed by atoms with Crippen LogP contribution in [0.1, 0.15) is 13.3 Å². The van der Waals surface area contributed by atoms with Crippen molar-refractivity contribution in [2.45, 2.75) is 19.4 Å². The van der Waals surface area contributed by atoms with Crippen LogP contribution in [0.4, 0.5) is 5.82 Å². The van der Waals surface area contributed by atoms with E-state index < -0.39 is 0 Å². The molecule has 0 amide bonds. The van der Waals surface area contributed by atoms with Crippen molar-refractivity contribution in [2.75, 3.05) is 11.2 Å². The molecule has 1 aromatic heterocycles. The third-order valence-corrected chi connectivity index (χ3v) is 2.71. The Labute approximate surface area is 99.8 Å². The van der Waals surface area contributed by atoms with Gasteiger partial charge in [0.15, 0.2) is 5.82 Å². The maximum Gasteiger partial charge on any atom is 0.156 e. The van der Waals surface area contributed by atoms with Crippen molar-refractivity contribution in [1.29, 1.82) is 0 Å². The maximum absolute atomic E-state index is 5.70. The van der Waals surface area contributed by atoms with Crippen molar-refractivity contribution >= 4 is 28.2 Å². The Balaban J connectivity index is 2.30. The van der Waals surface area contributed by atoms with Crippen LogP contribution in [0.3, 0.4) is 0 Å². The minimum Gasteiger partial charge on any atom is -0.366 e. The van der Waals surface area contributed by atoms with Gasteiger partial charge in [0.2, 0.25) is 0 Å². The first-order valence-electron chi connectivity index (χ1n) is 5.34. The van der Waals surface area contributed by atoms with Gasteiger partial charge in [-0.25, -0.2) is 0 Å². The number of alkyl halides is 1. The molecule has 1 heterocycles. The molecule has 0 radical (unpaired) electrons. The summed E-state index contributed by atoms with van der Waals surface area (Å²) in [5, 5.41) is 13.6. The third kappa shape index (κ3) is 2.42. The first-order chi connectivity index (χ1) is 7.81. The van der Waals surface area contributed by atoms with Gasteiger partial charge < -0.3 is 5.32 Å². The average Bonchev–Trinajstić information content (AvgIpc) is 2.30. The maximum atomic E-state index is 5.70. The zero-order chi connectivity index (χ0) is 11.4. The van der Waals surface area contributed by atoms with E-state index >= 15 is 0 Å². The molecule has 2 aromatic rings. The number of anilines is 1. The van der Waals surface area contributed by atoms with Gasteiger partial charge in [-0.2, -0.15) is 5.10 Å². The van der Waals surface area contributed by atoms with E-state index in [1.807, 2.05) is 24.3 Å². The van der Waals surface area contributed by atoms with Gasteiger partial charge >= 0.3 is 0 Å². The van der Waals surface area contributed by atoms with Gasteiger partial charge in [0.1, 0.15) is 0 Å². The zero-order valence-corrected chi connectivity index (χ0v) is 9.91. The largest absolute Gasteiger partial charge is 0.366 e. The van der Waals surface area contributed by atoms with Gasteiger partial charge in [-0.15, -0.1) is 16.7 Å². The molecule has 1 unspecified atom stereocenters. The Kier molecular flexibility index (Phi) is 3.57. The molecule has 3 nitrogen and oxygen atoms in total. The minimum atomic E-state index is 0.303. The highest BCUT2D eigenvalue weighted by Crippen LogP contribution is 2.20. The third-order valence-electron chi connectivity index (χ3n) is 2.50. The molecular weight excluding hydrogens is 222 g/mol. The Hall–Kier alpha value is -1.35. The molecular formula is C12H14ClN3. The lowest BCUT2D eigenvalue weighted by Crippen LogP contribution is -2.16. The lowest BCUT2D eigenvalue weighted by molar-refractivity contribution is 0.761. The number of aromatic nitrogens is 2. The van der Waals surface area contributed by atoms with E-state index in [1.165, 1.54) is 0 Å². The van der Waals surface area contributed by atoms with Crippen LogP contribution < -0.4 is 5.32 Å². The van der Waals surface area contributed by atoms with Crippen molar-refractivity contribution in [2.24, 2.45) is 0 Å². The molecule has 0 bridgehead atoms. The molecule has 0 aliphatic heterocycles. The number of nitrogens with zero attached hydrogens (tertiary/aromatic N) is 2. The molecule has 0 fully saturated rings. The van der Waals surface area contributed by atoms with Gasteiger partial charge in [-0.05, 0) is 13.3 Å². The average molecular weight is 236 g/mol. The molecule has 16 heavy (non-hydrogen) atoms. The second-order valence-corrected chi connectivity index (χ2v) is 4.18. The fourth-order valence-corrected chi connectivity index (χ4v) is 1.93. The summed E-state index contributed by atoms with van der Waals surface area (Å²) in [6.07, 6.45) is 2.68. The van der Waals surface area contributed by atoms with Crippen LogP contribution in [0, 0.1) is 0 Å². The monoisotopic (exact) mass is 235 g/mol. The number of rotatable bonds is 4. The van der Waals surface area contributed by atoms with E-state index in [0.29, 0.717) is 11.9 Å². The molecule has 0 spiro atoms. The van der Waals surface area contributed by atoms with E-state index in [9.17, 15) is 0 Å². The van der Waals surface area contributed by atoms with Crippen LogP contribution in [0.5, 0.6) is 0 Å². The van der Waals surface area contributed by atoms with Gasteiger partial charge in [0.25, 0.3) is 0 Å². The van der Waals surface area contributed by atoms with Crippen LogP contribution in [0.25, 0.3) is 10.8 Å². The van der Waals surface area contributed by atoms with Crippen LogP contribution in [-0.2, 0) is 0 Å². The number of halogens is 1. The van der Waals surface area contributed by atoms with Crippen molar-refractivity contribution in [3.05, 3.63) is 30.5 Å².